The predicted molar refractivity (Wildman–Crippen MR) is 54.0 cm³/mol. The molecule has 1 aromatic rings. The van der Waals surface area contributed by atoms with Gasteiger partial charge in [-0.15, -0.1) is 0 Å². The van der Waals surface area contributed by atoms with Crippen LogP contribution in [0.15, 0.2) is 16.6 Å². The minimum absolute atomic E-state index is 0.170. The van der Waals surface area contributed by atoms with Crippen molar-refractivity contribution in [1.29, 1.82) is 0 Å². The molecular weight excluding hydrogens is 252 g/mol. The number of benzene rings is 1. The third kappa shape index (κ3) is 1.46. The molecule has 1 aromatic carbocycles. The molecule has 0 aromatic heterocycles. The van der Waals surface area contributed by atoms with Gasteiger partial charge >= 0.3 is 0 Å². The van der Waals surface area contributed by atoms with E-state index in [0.717, 1.165) is 12.8 Å². The molecule has 0 spiro atoms. The number of halogens is 3. The maximum atomic E-state index is 13.5. The minimum Gasteiger partial charge on any atom is -0.310 e. The van der Waals surface area contributed by atoms with E-state index < -0.39 is 17.2 Å². The van der Waals surface area contributed by atoms with E-state index in [1.807, 2.05) is 0 Å². The Hall–Kier alpha value is -0.480. The summed E-state index contributed by atoms with van der Waals surface area (Å²) in [6.45, 7) is 0. The summed E-state index contributed by atoms with van der Waals surface area (Å²) in [4.78, 5) is 0. The van der Waals surface area contributed by atoms with Crippen molar-refractivity contribution in [1.82, 2.24) is 5.32 Å². The molecule has 0 amide bonds. The van der Waals surface area contributed by atoms with Crippen LogP contribution in [-0.4, -0.2) is 7.05 Å². The van der Waals surface area contributed by atoms with Crippen LogP contribution in [0.5, 0.6) is 0 Å². The van der Waals surface area contributed by atoms with E-state index in [1.165, 1.54) is 12.1 Å². The fraction of sp³-hybridized carbons (Fsp3) is 0.400. The third-order valence-corrected chi connectivity index (χ3v) is 3.17. The zero-order valence-electron chi connectivity index (χ0n) is 7.70. The minimum atomic E-state index is -0.483. The lowest BCUT2D eigenvalue weighted by Crippen LogP contribution is -2.27. The average molecular weight is 262 g/mol. The molecule has 0 unspecified atom stereocenters. The van der Waals surface area contributed by atoms with E-state index in [2.05, 4.69) is 21.2 Å². The summed E-state index contributed by atoms with van der Waals surface area (Å²) in [5, 5.41) is 2.97. The molecule has 1 aliphatic carbocycles. The van der Waals surface area contributed by atoms with Crippen molar-refractivity contribution in [2.45, 2.75) is 18.4 Å². The van der Waals surface area contributed by atoms with Gasteiger partial charge in [-0.3, -0.25) is 0 Å². The van der Waals surface area contributed by atoms with E-state index in [9.17, 15) is 8.78 Å². The lowest BCUT2D eigenvalue weighted by atomic mass is 10.0. The Balaban J connectivity index is 2.53. The van der Waals surface area contributed by atoms with Crippen LogP contribution >= 0.6 is 15.9 Å². The van der Waals surface area contributed by atoms with Crippen LogP contribution in [0, 0.1) is 11.6 Å². The first-order chi connectivity index (χ1) is 6.59. The molecule has 1 fully saturated rings. The maximum absolute atomic E-state index is 13.5. The standard InChI is InChI=1S/C10H10BrF2N/c1-14-10(2-3-10)9-7(12)4-6(11)5-8(9)13/h4-5,14H,2-3H2,1H3. The van der Waals surface area contributed by atoms with Crippen molar-refractivity contribution in [2.75, 3.05) is 7.05 Å². The highest BCUT2D eigenvalue weighted by molar-refractivity contribution is 9.10. The third-order valence-electron chi connectivity index (χ3n) is 2.71. The molecule has 1 aliphatic rings. The van der Waals surface area contributed by atoms with Crippen LogP contribution in [0.25, 0.3) is 0 Å². The molecule has 0 saturated heterocycles. The van der Waals surface area contributed by atoms with Gasteiger partial charge in [0.1, 0.15) is 11.6 Å². The highest BCUT2D eigenvalue weighted by Crippen LogP contribution is 2.47. The molecule has 1 saturated carbocycles. The van der Waals surface area contributed by atoms with Crippen LogP contribution in [-0.2, 0) is 5.54 Å². The number of hydrogen-bond donors (Lipinski definition) is 1. The lowest BCUT2D eigenvalue weighted by molar-refractivity contribution is 0.480. The quantitative estimate of drug-likeness (QED) is 0.864. The summed E-state index contributed by atoms with van der Waals surface area (Å²) in [5.41, 5.74) is -0.294. The molecule has 0 aliphatic heterocycles. The molecular formula is C10H10BrF2N. The monoisotopic (exact) mass is 261 g/mol. The smallest absolute Gasteiger partial charge is 0.132 e. The van der Waals surface area contributed by atoms with Crippen molar-refractivity contribution in [3.05, 3.63) is 33.8 Å². The molecule has 0 bridgehead atoms. The Kier molecular flexibility index (Phi) is 2.35. The van der Waals surface area contributed by atoms with Gasteiger partial charge in [0.25, 0.3) is 0 Å². The predicted octanol–water partition coefficient (Wildman–Crippen LogP) is 2.94. The fourth-order valence-electron chi connectivity index (χ4n) is 1.75. The summed E-state index contributed by atoms with van der Waals surface area (Å²) in [6, 6.07) is 2.60. The molecule has 14 heavy (non-hydrogen) atoms. The van der Waals surface area contributed by atoms with Gasteiger partial charge in [-0.2, -0.15) is 0 Å². The van der Waals surface area contributed by atoms with Crippen LogP contribution in [0.4, 0.5) is 8.78 Å². The van der Waals surface area contributed by atoms with Gasteiger partial charge in [0.2, 0.25) is 0 Å². The van der Waals surface area contributed by atoms with Gasteiger partial charge in [-0.05, 0) is 32.0 Å². The van der Waals surface area contributed by atoms with E-state index >= 15 is 0 Å². The highest BCUT2D eigenvalue weighted by Gasteiger charge is 2.46. The first-order valence-corrected chi connectivity index (χ1v) is 5.22. The number of rotatable bonds is 2. The Morgan fingerprint density at radius 3 is 2.14 bits per heavy atom. The Morgan fingerprint density at radius 2 is 1.79 bits per heavy atom. The van der Waals surface area contributed by atoms with Crippen LogP contribution in [0.1, 0.15) is 18.4 Å². The van der Waals surface area contributed by atoms with E-state index in [0.29, 0.717) is 4.47 Å². The fourth-order valence-corrected chi connectivity index (χ4v) is 2.15. The van der Waals surface area contributed by atoms with Gasteiger partial charge in [0.05, 0.1) is 0 Å². The van der Waals surface area contributed by atoms with Crippen molar-refractivity contribution < 1.29 is 8.78 Å². The molecule has 2 rings (SSSR count). The second kappa shape index (κ2) is 3.28. The van der Waals surface area contributed by atoms with Crippen molar-refractivity contribution in [3.63, 3.8) is 0 Å². The van der Waals surface area contributed by atoms with Crippen LogP contribution < -0.4 is 5.32 Å². The topological polar surface area (TPSA) is 12.0 Å². The van der Waals surface area contributed by atoms with Gasteiger partial charge in [0.15, 0.2) is 0 Å². The van der Waals surface area contributed by atoms with E-state index in [4.69, 9.17) is 0 Å². The summed E-state index contributed by atoms with van der Waals surface area (Å²) in [6.07, 6.45) is 1.58. The first-order valence-electron chi connectivity index (χ1n) is 4.43. The summed E-state index contributed by atoms with van der Waals surface area (Å²) < 4.78 is 27.5. The van der Waals surface area contributed by atoms with Gasteiger partial charge in [0, 0.05) is 15.6 Å². The Bertz CT molecular complexity index is 351. The largest absolute Gasteiger partial charge is 0.310 e. The highest BCUT2D eigenvalue weighted by atomic mass is 79.9. The molecule has 0 radical (unpaired) electrons. The summed E-state index contributed by atoms with van der Waals surface area (Å²) in [7, 11) is 1.73. The molecule has 0 heterocycles. The normalized spacial score (nSPS) is 18.3. The van der Waals surface area contributed by atoms with Crippen molar-refractivity contribution in [3.8, 4) is 0 Å². The second-order valence-corrected chi connectivity index (χ2v) is 4.49. The Morgan fingerprint density at radius 1 is 1.29 bits per heavy atom. The number of nitrogens with one attached hydrogen (secondary N) is 1. The van der Waals surface area contributed by atoms with Crippen LogP contribution in [0.2, 0.25) is 0 Å². The van der Waals surface area contributed by atoms with Crippen LogP contribution in [0.3, 0.4) is 0 Å². The second-order valence-electron chi connectivity index (χ2n) is 3.58. The van der Waals surface area contributed by atoms with E-state index in [1.54, 1.807) is 7.05 Å². The maximum Gasteiger partial charge on any atom is 0.132 e. The molecule has 1 nitrogen and oxygen atoms in total. The summed E-state index contributed by atoms with van der Waals surface area (Å²) in [5.74, 6) is -0.965. The zero-order chi connectivity index (χ0) is 10.3. The average Bonchev–Trinajstić information content (AvgIpc) is 2.83. The SMILES string of the molecule is CNC1(c2c(F)cc(Br)cc2F)CC1. The molecule has 0 atom stereocenters. The molecule has 76 valence electrons. The van der Waals surface area contributed by atoms with Crippen molar-refractivity contribution in [2.24, 2.45) is 0 Å². The van der Waals surface area contributed by atoms with Gasteiger partial charge < -0.3 is 5.32 Å². The first kappa shape index (κ1) is 10.1. The zero-order valence-corrected chi connectivity index (χ0v) is 9.29. The lowest BCUT2D eigenvalue weighted by Gasteiger charge is -2.16. The molecule has 1 N–H and O–H groups in total. The van der Waals surface area contributed by atoms with Gasteiger partial charge in [-0.25, -0.2) is 8.78 Å². The van der Waals surface area contributed by atoms with Gasteiger partial charge in [-0.1, -0.05) is 15.9 Å². The Labute approximate surface area is 89.6 Å². The summed E-state index contributed by atoms with van der Waals surface area (Å²) >= 11 is 3.06. The molecule has 4 heteroatoms. The van der Waals surface area contributed by atoms with Crippen molar-refractivity contribution >= 4 is 15.9 Å². The van der Waals surface area contributed by atoms with E-state index in [-0.39, 0.29) is 5.56 Å². The number of hydrogen-bond acceptors (Lipinski definition) is 1.